The van der Waals surface area contributed by atoms with E-state index in [1.54, 1.807) is 33.4 Å². The Kier molecular flexibility index (Phi) is 3.87. The predicted octanol–water partition coefficient (Wildman–Crippen LogP) is -0.607. The molecular formula is C11H20N4O4. The van der Waals surface area contributed by atoms with Crippen molar-refractivity contribution in [1.82, 2.24) is 15.3 Å². The highest BCUT2D eigenvalue weighted by atomic mass is 16.6. The molecule has 0 aromatic carbocycles. The van der Waals surface area contributed by atoms with Crippen LogP contribution in [0.1, 0.15) is 20.8 Å². The molecule has 0 atom stereocenters. The van der Waals surface area contributed by atoms with Gasteiger partial charge < -0.3 is 19.8 Å². The SMILES string of the molecule is CO/N=C(\C)C1(NO)C(=O)N(C)C(C)(C)N(C)C1=O. The van der Waals surface area contributed by atoms with Gasteiger partial charge in [0, 0.05) is 14.1 Å². The first-order valence-electron chi connectivity index (χ1n) is 5.74. The molecule has 1 heterocycles. The molecule has 2 amide bonds. The average Bonchev–Trinajstić information content (AvgIpc) is 2.36. The van der Waals surface area contributed by atoms with Crippen LogP contribution in [0.15, 0.2) is 5.16 Å². The Hall–Kier alpha value is -1.67. The first-order chi connectivity index (χ1) is 8.67. The molecule has 1 fully saturated rings. The lowest BCUT2D eigenvalue weighted by Gasteiger charge is -2.52. The molecule has 0 unspecified atom stereocenters. The Morgan fingerprint density at radius 1 is 1.26 bits per heavy atom. The van der Waals surface area contributed by atoms with Gasteiger partial charge in [-0.15, -0.1) is 0 Å². The van der Waals surface area contributed by atoms with Crippen molar-refractivity contribution in [1.29, 1.82) is 0 Å². The lowest BCUT2D eigenvalue weighted by atomic mass is 9.86. The molecule has 8 heteroatoms. The standard InChI is InChI=1S/C11H20N4O4/c1-7(12-19-6)11(13-18)8(16)14(4)10(2,3)15(5)9(11)17/h13,18H,1-6H3/b12-7+. The normalized spacial score (nSPS) is 22.8. The quantitative estimate of drug-likeness (QED) is 0.406. The van der Waals surface area contributed by atoms with E-state index in [0.717, 1.165) is 0 Å². The highest BCUT2D eigenvalue weighted by Gasteiger charge is 2.60. The molecule has 19 heavy (non-hydrogen) atoms. The van der Waals surface area contributed by atoms with Gasteiger partial charge in [-0.3, -0.25) is 9.59 Å². The molecule has 0 aromatic heterocycles. The van der Waals surface area contributed by atoms with Crippen molar-refractivity contribution in [2.24, 2.45) is 5.16 Å². The van der Waals surface area contributed by atoms with Gasteiger partial charge in [-0.1, -0.05) is 5.16 Å². The van der Waals surface area contributed by atoms with E-state index < -0.39 is 23.0 Å². The van der Waals surface area contributed by atoms with Crippen LogP contribution in [0.4, 0.5) is 0 Å². The topological polar surface area (TPSA) is 94.5 Å². The largest absolute Gasteiger partial charge is 0.399 e. The van der Waals surface area contributed by atoms with Crippen LogP contribution in [0.5, 0.6) is 0 Å². The van der Waals surface area contributed by atoms with Crippen LogP contribution in [-0.4, -0.2) is 64.9 Å². The van der Waals surface area contributed by atoms with Gasteiger partial charge in [0.25, 0.3) is 11.8 Å². The van der Waals surface area contributed by atoms with Crippen molar-refractivity contribution in [3.05, 3.63) is 0 Å². The third-order valence-corrected chi connectivity index (χ3v) is 3.83. The summed E-state index contributed by atoms with van der Waals surface area (Å²) in [5.41, 5.74) is -0.917. The van der Waals surface area contributed by atoms with E-state index in [-0.39, 0.29) is 5.71 Å². The van der Waals surface area contributed by atoms with Crippen molar-refractivity contribution < 1.29 is 19.6 Å². The number of carbonyl (C=O) groups excluding carboxylic acids is 2. The summed E-state index contributed by atoms with van der Waals surface area (Å²) in [4.78, 5) is 32.3. The van der Waals surface area contributed by atoms with E-state index in [0.29, 0.717) is 0 Å². The zero-order valence-corrected chi connectivity index (χ0v) is 12.0. The van der Waals surface area contributed by atoms with Gasteiger partial charge in [-0.05, 0) is 20.8 Å². The number of amides is 2. The molecule has 0 bridgehead atoms. The summed E-state index contributed by atoms with van der Waals surface area (Å²) in [5.74, 6) is -1.19. The highest BCUT2D eigenvalue weighted by molar-refractivity contribution is 6.30. The van der Waals surface area contributed by atoms with Crippen molar-refractivity contribution >= 4 is 17.5 Å². The fraction of sp³-hybridized carbons (Fsp3) is 0.727. The van der Waals surface area contributed by atoms with Crippen LogP contribution in [0.3, 0.4) is 0 Å². The first kappa shape index (κ1) is 15.4. The van der Waals surface area contributed by atoms with Gasteiger partial charge in [0.05, 0.1) is 5.71 Å². The maximum absolute atomic E-state index is 12.5. The van der Waals surface area contributed by atoms with E-state index in [4.69, 9.17) is 0 Å². The minimum Gasteiger partial charge on any atom is -0.399 e. The maximum atomic E-state index is 12.5. The zero-order valence-electron chi connectivity index (χ0n) is 12.0. The molecular weight excluding hydrogens is 252 g/mol. The Balaban J connectivity index is 3.45. The summed E-state index contributed by atoms with van der Waals surface area (Å²) in [7, 11) is 4.40. The van der Waals surface area contributed by atoms with E-state index in [2.05, 4.69) is 9.99 Å². The van der Waals surface area contributed by atoms with Crippen LogP contribution < -0.4 is 5.48 Å². The monoisotopic (exact) mass is 272 g/mol. The second-order valence-electron chi connectivity index (χ2n) is 4.94. The number of oxime groups is 1. The summed E-state index contributed by atoms with van der Waals surface area (Å²) in [5, 5.41) is 13.0. The molecule has 2 N–H and O–H groups in total. The van der Waals surface area contributed by atoms with Crippen molar-refractivity contribution in [2.75, 3.05) is 21.2 Å². The molecule has 0 saturated carbocycles. The Labute approximate surface area is 111 Å². The minimum atomic E-state index is -1.95. The molecule has 108 valence electrons. The average molecular weight is 272 g/mol. The summed E-state index contributed by atoms with van der Waals surface area (Å²) in [6.45, 7) is 4.89. The molecule has 1 saturated heterocycles. The summed E-state index contributed by atoms with van der Waals surface area (Å²) in [6, 6.07) is 0. The first-order valence-corrected chi connectivity index (χ1v) is 5.74. The van der Waals surface area contributed by atoms with E-state index in [9.17, 15) is 14.8 Å². The third kappa shape index (κ3) is 1.87. The van der Waals surface area contributed by atoms with Crippen molar-refractivity contribution in [3.63, 3.8) is 0 Å². The van der Waals surface area contributed by atoms with E-state index in [1.165, 1.54) is 23.8 Å². The van der Waals surface area contributed by atoms with Gasteiger partial charge >= 0.3 is 0 Å². The number of hydrogen-bond donors (Lipinski definition) is 2. The lowest BCUT2D eigenvalue weighted by Crippen LogP contribution is -2.79. The van der Waals surface area contributed by atoms with Crippen LogP contribution in [0.2, 0.25) is 0 Å². The fourth-order valence-electron chi connectivity index (χ4n) is 2.01. The van der Waals surface area contributed by atoms with Gasteiger partial charge in [0.2, 0.25) is 5.54 Å². The molecule has 1 aliphatic rings. The minimum absolute atomic E-state index is 0.0294. The van der Waals surface area contributed by atoms with Crippen LogP contribution >= 0.6 is 0 Å². The second-order valence-corrected chi connectivity index (χ2v) is 4.94. The summed E-state index contributed by atoms with van der Waals surface area (Å²) >= 11 is 0. The number of likely N-dealkylation sites (N-methyl/N-ethyl adjacent to an activating group) is 2. The second kappa shape index (κ2) is 4.78. The molecule has 0 aliphatic carbocycles. The van der Waals surface area contributed by atoms with Crippen molar-refractivity contribution in [2.45, 2.75) is 32.0 Å². The third-order valence-electron chi connectivity index (χ3n) is 3.83. The smallest absolute Gasteiger partial charge is 0.262 e. The van der Waals surface area contributed by atoms with E-state index >= 15 is 0 Å². The van der Waals surface area contributed by atoms with Crippen molar-refractivity contribution in [3.8, 4) is 0 Å². The number of nitrogens with zero attached hydrogens (tertiary/aromatic N) is 3. The molecule has 0 aromatic rings. The number of nitrogens with one attached hydrogen (secondary N) is 1. The molecule has 8 nitrogen and oxygen atoms in total. The summed E-state index contributed by atoms with van der Waals surface area (Å²) < 4.78 is 0. The predicted molar refractivity (Wildman–Crippen MR) is 67.4 cm³/mol. The van der Waals surface area contributed by atoms with Gasteiger partial charge in [0.1, 0.15) is 12.8 Å². The number of hydrogen-bond acceptors (Lipinski definition) is 6. The van der Waals surface area contributed by atoms with Gasteiger partial charge in [-0.25, -0.2) is 0 Å². The highest BCUT2D eigenvalue weighted by Crippen LogP contribution is 2.30. The molecule has 0 spiro atoms. The fourth-order valence-corrected chi connectivity index (χ4v) is 2.01. The van der Waals surface area contributed by atoms with Gasteiger partial charge in [0.15, 0.2) is 0 Å². The van der Waals surface area contributed by atoms with Gasteiger partial charge in [-0.2, -0.15) is 5.48 Å². The Bertz CT molecular complexity index is 408. The van der Waals surface area contributed by atoms with Crippen LogP contribution in [-0.2, 0) is 14.4 Å². The molecule has 0 radical (unpaired) electrons. The molecule has 1 rings (SSSR count). The Morgan fingerprint density at radius 3 is 2.00 bits per heavy atom. The molecule has 1 aliphatic heterocycles. The maximum Gasteiger partial charge on any atom is 0.262 e. The Morgan fingerprint density at radius 2 is 1.68 bits per heavy atom. The number of rotatable bonds is 3. The number of carbonyl (C=O) groups is 2. The number of hydroxylamine groups is 1. The lowest BCUT2D eigenvalue weighted by molar-refractivity contribution is -0.176. The van der Waals surface area contributed by atoms with Crippen LogP contribution in [0.25, 0.3) is 0 Å². The van der Waals surface area contributed by atoms with Crippen LogP contribution in [0, 0.1) is 0 Å². The zero-order chi connectivity index (χ0) is 15.0. The van der Waals surface area contributed by atoms with E-state index in [1.807, 2.05) is 0 Å². The summed E-state index contributed by atoms with van der Waals surface area (Å²) in [6.07, 6.45) is 0.